The molecule has 5 heteroatoms. The van der Waals surface area contributed by atoms with E-state index in [-0.39, 0.29) is 0 Å². The van der Waals surface area contributed by atoms with Crippen LogP contribution in [0.5, 0.6) is 0 Å². The van der Waals surface area contributed by atoms with Crippen molar-refractivity contribution in [2.45, 2.75) is 0 Å². The molecule has 0 spiro atoms. The van der Waals surface area contributed by atoms with Crippen LogP contribution in [0.2, 0.25) is 0 Å². The van der Waals surface area contributed by atoms with Crippen molar-refractivity contribution in [3.63, 3.8) is 0 Å². The molecule has 0 fully saturated rings. The van der Waals surface area contributed by atoms with Crippen LogP contribution < -0.4 is 4.76 Å². The number of hydrogen-bond acceptors (Lipinski definition) is 3. The zero-order valence-electron chi connectivity index (χ0n) is 8.95. The molecular weight excluding hydrogens is 217 g/mol. The molecule has 0 aliphatic heterocycles. The standard InChI is InChI=1S/C12H10BNO3/c15-13(16)17-14-11-7-3-1-5-9(11)10-6-2-4-8-12(10)14/h1-8,15-16H. The van der Waals surface area contributed by atoms with Crippen molar-refractivity contribution in [3.05, 3.63) is 48.5 Å². The van der Waals surface area contributed by atoms with E-state index in [0.29, 0.717) is 0 Å². The largest absolute Gasteiger partial charge is 0.728 e. The van der Waals surface area contributed by atoms with Crippen LogP contribution in [0, 0.1) is 0 Å². The van der Waals surface area contributed by atoms with E-state index in [9.17, 15) is 0 Å². The Morgan fingerprint density at radius 2 is 1.29 bits per heavy atom. The first-order valence-electron chi connectivity index (χ1n) is 5.29. The van der Waals surface area contributed by atoms with Crippen LogP contribution in [0.4, 0.5) is 0 Å². The van der Waals surface area contributed by atoms with Crippen molar-refractivity contribution in [2.24, 2.45) is 0 Å². The van der Waals surface area contributed by atoms with Gasteiger partial charge in [-0.05, 0) is 12.1 Å². The van der Waals surface area contributed by atoms with Crippen molar-refractivity contribution in [1.82, 2.24) is 4.73 Å². The zero-order chi connectivity index (χ0) is 11.8. The lowest BCUT2D eigenvalue weighted by Gasteiger charge is -2.07. The Labute approximate surface area is 97.8 Å². The van der Waals surface area contributed by atoms with E-state index in [1.54, 1.807) is 0 Å². The summed E-state index contributed by atoms with van der Waals surface area (Å²) in [6.45, 7) is 0. The lowest BCUT2D eigenvalue weighted by atomic mass is 10.2. The predicted molar refractivity (Wildman–Crippen MR) is 66.2 cm³/mol. The first kappa shape index (κ1) is 10.2. The van der Waals surface area contributed by atoms with Crippen LogP contribution in [0.15, 0.2) is 48.5 Å². The number of rotatable bonds is 2. The van der Waals surface area contributed by atoms with E-state index in [1.807, 2.05) is 48.5 Å². The Morgan fingerprint density at radius 1 is 0.824 bits per heavy atom. The molecule has 2 aromatic carbocycles. The monoisotopic (exact) mass is 227 g/mol. The lowest BCUT2D eigenvalue weighted by molar-refractivity contribution is 0.181. The van der Waals surface area contributed by atoms with Gasteiger partial charge in [-0.2, -0.15) is 4.73 Å². The minimum atomic E-state index is -1.84. The van der Waals surface area contributed by atoms with Crippen molar-refractivity contribution >= 4 is 29.1 Å². The number of benzene rings is 2. The third kappa shape index (κ3) is 1.56. The molecule has 17 heavy (non-hydrogen) atoms. The molecule has 0 amide bonds. The SMILES string of the molecule is OB(O)On1c2ccccc2c2ccccc21. The molecule has 4 nitrogen and oxygen atoms in total. The van der Waals surface area contributed by atoms with Crippen molar-refractivity contribution in [2.75, 3.05) is 0 Å². The zero-order valence-corrected chi connectivity index (χ0v) is 8.95. The van der Waals surface area contributed by atoms with Crippen molar-refractivity contribution < 1.29 is 14.8 Å². The van der Waals surface area contributed by atoms with E-state index in [1.165, 1.54) is 4.73 Å². The Morgan fingerprint density at radius 3 is 1.76 bits per heavy atom. The summed E-state index contributed by atoms with van der Waals surface area (Å²) < 4.78 is 6.45. The first-order valence-corrected chi connectivity index (χ1v) is 5.29. The van der Waals surface area contributed by atoms with Gasteiger partial charge in [0.05, 0.1) is 11.0 Å². The van der Waals surface area contributed by atoms with Crippen molar-refractivity contribution in [1.29, 1.82) is 0 Å². The number of para-hydroxylation sites is 2. The molecule has 84 valence electrons. The van der Waals surface area contributed by atoms with Gasteiger partial charge in [-0.3, -0.25) is 0 Å². The molecule has 0 unspecified atom stereocenters. The number of hydrogen-bond donors (Lipinski definition) is 2. The molecule has 1 aromatic heterocycles. The van der Waals surface area contributed by atoms with Gasteiger partial charge in [-0.1, -0.05) is 36.4 Å². The molecule has 2 N–H and O–H groups in total. The van der Waals surface area contributed by atoms with Crippen LogP contribution in [0.3, 0.4) is 0 Å². The van der Waals surface area contributed by atoms with E-state index in [2.05, 4.69) is 0 Å². The molecule has 3 aromatic rings. The summed E-state index contributed by atoms with van der Waals surface area (Å²) in [6, 6.07) is 15.3. The topological polar surface area (TPSA) is 54.6 Å². The second kappa shape index (κ2) is 3.80. The molecule has 0 radical (unpaired) electrons. The average Bonchev–Trinajstić information content (AvgIpc) is 2.65. The van der Waals surface area contributed by atoms with E-state index in [0.717, 1.165) is 21.8 Å². The minimum absolute atomic E-state index is 0.807. The lowest BCUT2D eigenvalue weighted by Crippen LogP contribution is -2.29. The van der Waals surface area contributed by atoms with Crippen LogP contribution in [-0.2, 0) is 0 Å². The Kier molecular flexibility index (Phi) is 2.28. The highest BCUT2D eigenvalue weighted by molar-refractivity contribution is 6.33. The van der Waals surface area contributed by atoms with E-state index < -0.39 is 7.32 Å². The van der Waals surface area contributed by atoms with Gasteiger partial charge in [0.25, 0.3) is 0 Å². The summed E-state index contributed by atoms with van der Waals surface area (Å²) in [5.41, 5.74) is 1.61. The maximum atomic E-state index is 8.96. The highest BCUT2D eigenvalue weighted by Gasteiger charge is 2.16. The maximum Gasteiger partial charge on any atom is 0.728 e. The van der Waals surface area contributed by atoms with Crippen LogP contribution in [-0.4, -0.2) is 22.1 Å². The second-order valence-corrected chi connectivity index (χ2v) is 3.76. The normalized spacial score (nSPS) is 10.9. The third-order valence-electron chi connectivity index (χ3n) is 2.74. The summed E-state index contributed by atoms with van der Waals surface area (Å²) in [4.78, 5) is 0. The van der Waals surface area contributed by atoms with Crippen LogP contribution >= 0.6 is 0 Å². The fourth-order valence-electron chi connectivity index (χ4n) is 2.09. The van der Waals surface area contributed by atoms with Gasteiger partial charge in [0, 0.05) is 10.8 Å². The second-order valence-electron chi connectivity index (χ2n) is 3.76. The van der Waals surface area contributed by atoms with Gasteiger partial charge in [-0.15, -0.1) is 0 Å². The average molecular weight is 227 g/mol. The highest BCUT2D eigenvalue weighted by atomic mass is 16.7. The summed E-state index contributed by atoms with van der Waals surface area (Å²) in [6.07, 6.45) is 0. The Hall–Kier alpha value is -1.98. The molecule has 3 rings (SSSR count). The molecule has 0 atom stereocenters. The van der Waals surface area contributed by atoms with E-state index >= 15 is 0 Å². The summed E-state index contributed by atoms with van der Waals surface area (Å²) >= 11 is 0. The highest BCUT2D eigenvalue weighted by Crippen LogP contribution is 2.27. The number of fused-ring (bicyclic) bond motifs is 3. The number of nitrogens with zero attached hydrogens (tertiary/aromatic N) is 1. The van der Waals surface area contributed by atoms with Gasteiger partial charge >= 0.3 is 7.32 Å². The Balaban J connectivity index is 2.41. The molecule has 0 aliphatic rings. The summed E-state index contributed by atoms with van der Waals surface area (Å²) in [5.74, 6) is 0. The maximum absolute atomic E-state index is 8.96. The van der Waals surface area contributed by atoms with E-state index in [4.69, 9.17) is 14.8 Å². The fourth-order valence-corrected chi connectivity index (χ4v) is 2.09. The van der Waals surface area contributed by atoms with Crippen LogP contribution in [0.25, 0.3) is 21.8 Å². The smallest absolute Gasteiger partial charge is 0.420 e. The third-order valence-corrected chi connectivity index (χ3v) is 2.74. The van der Waals surface area contributed by atoms with Crippen LogP contribution in [0.1, 0.15) is 0 Å². The number of aromatic nitrogens is 1. The fraction of sp³-hybridized carbons (Fsp3) is 0. The van der Waals surface area contributed by atoms with Gasteiger partial charge in [0.2, 0.25) is 0 Å². The first-order chi connectivity index (χ1) is 8.27. The van der Waals surface area contributed by atoms with Gasteiger partial charge in [0.1, 0.15) is 0 Å². The molecular formula is C12H10BNO3. The summed E-state index contributed by atoms with van der Waals surface area (Å²) in [5, 5.41) is 19.9. The molecule has 1 heterocycles. The summed E-state index contributed by atoms with van der Waals surface area (Å²) in [7, 11) is -1.84. The van der Waals surface area contributed by atoms with Gasteiger partial charge in [-0.25, -0.2) is 0 Å². The quantitative estimate of drug-likeness (QED) is 0.646. The molecule has 0 aliphatic carbocycles. The molecule has 0 saturated heterocycles. The van der Waals surface area contributed by atoms with Gasteiger partial charge < -0.3 is 14.8 Å². The predicted octanol–water partition coefficient (Wildman–Crippen LogP) is 1.19. The molecule has 0 saturated carbocycles. The Bertz CT molecular complexity index is 624. The van der Waals surface area contributed by atoms with Gasteiger partial charge in [0.15, 0.2) is 0 Å². The molecule has 0 bridgehead atoms. The van der Waals surface area contributed by atoms with Crippen molar-refractivity contribution in [3.8, 4) is 0 Å². The minimum Gasteiger partial charge on any atom is -0.420 e.